The summed E-state index contributed by atoms with van der Waals surface area (Å²) in [6.45, 7) is 9.84. The molecule has 0 atom stereocenters. The number of nitrogens with zero attached hydrogens (tertiary/aromatic N) is 5. The number of piperazine rings is 1. The van der Waals surface area contributed by atoms with Crippen LogP contribution in [0.1, 0.15) is 68.3 Å². The fourth-order valence-electron chi connectivity index (χ4n) is 9.86. The smallest absolute Gasteiger partial charge is 0.239 e. The number of nitro benzene ring substituents is 1. The maximum Gasteiger partial charge on any atom is 0.239 e. The summed E-state index contributed by atoms with van der Waals surface area (Å²) in [7, 11) is -7.78. The zero-order chi connectivity index (χ0) is 47.1. The van der Waals surface area contributed by atoms with E-state index >= 15 is 0 Å². The number of aromatic amines is 1. The zero-order valence-electron chi connectivity index (χ0n) is 37.8. The van der Waals surface area contributed by atoms with E-state index in [1.165, 1.54) is 28.8 Å². The first-order valence-corrected chi connectivity index (χ1v) is 27.2. The van der Waals surface area contributed by atoms with Crippen molar-refractivity contribution in [2.45, 2.75) is 57.3 Å². The van der Waals surface area contributed by atoms with Crippen LogP contribution in [-0.2, 0) is 10.0 Å². The van der Waals surface area contributed by atoms with E-state index in [0.717, 1.165) is 74.1 Å². The van der Waals surface area contributed by atoms with Crippen LogP contribution in [0, 0.1) is 21.4 Å². The van der Waals surface area contributed by atoms with E-state index in [2.05, 4.69) is 50.8 Å². The molecule has 3 aliphatic heterocycles. The second-order valence-corrected chi connectivity index (χ2v) is 24.2. The number of nitrogens with one attached hydrogen (secondary N) is 3. The molecule has 2 aromatic heterocycles. The van der Waals surface area contributed by atoms with Gasteiger partial charge in [0.15, 0.2) is 0 Å². The van der Waals surface area contributed by atoms with Crippen molar-refractivity contribution in [3.63, 3.8) is 0 Å². The van der Waals surface area contributed by atoms with Crippen molar-refractivity contribution >= 4 is 80.3 Å². The molecule has 356 valence electrons. The summed E-state index contributed by atoms with van der Waals surface area (Å²) < 4.78 is 36.3. The molecule has 1 amide bonds. The molecule has 1 aliphatic carbocycles. The number of hydrogen-bond acceptors (Lipinski definition) is 13. The average Bonchev–Trinajstić information content (AvgIpc) is 3.66. The van der Waals surface area contributed by atoms with E-state index in [4.69, 9.17) is 21.3 Å². The number of hydrogen-bond donors (Lipinski definition) is 5. The molecule has 0 radical (unpaired) electrons. The molecule has 2 fully saturated rings. The van der Waals surface area contributed by atoms with Crippen molar-refractivity contribution in [3.05, 3.63) is 111 Å². The minimum absolute atomic E-state index is 0.0759. The first kappa shape index (κ1) is 46.8. The Morgan fingerprint density at radius 2 is 1.76 bits per heavy atom. The Kier molecular flexibility index (Phi) is 13.3. The third kappa shape index (κ3) is 10.6. The Morgan fingerprint density at radius 3 is 2.51 bits per heavy atom. The van der Waals surface area contributed by atoms with Crippen molar-refractivity contribution in [1.82, 2.24) is 19.6 Å². The number of amides is 1. The Bertz CT molecular complexity index is 2820. The number of pyridine rings is 1. The molecule has 4 aliphatic rings. The van der Waals surface area contributed by atoms with Crippen molar-refractivity contribution in [1.29, 1.82) is 0 Å². The van der Waals surface area contributed by atoms with Crippen LogP contribution < -0.4 is 24.6 Å². The van der Waals surface area contributed by atoms with Gasteiger partial charge in [0, 0.05) is 61.6 Å². The van der Waals surface area contributed by atoms with E-state index in [9.17, 15) is 33.1 Å². The maximum atomic E-state index is 14.4. The normalized spacial score (nSPS) is 20.4. The fraction of sp³-hybridized carbons (Fsp3) is 0.417. The van der Waals surface area contributed by atoms with E-state index in [1.807, 2.05) is 41.3 Å². The fourth-order valence-corrected chi connectivity index (χ4v) is 13.0. The third-order valence-electron chi connectivity index (χ3n) is 13.8. The van der Waals surface area contributed by atoms with Crippen molar-refractivity contribution in [2.75, 3.05) is 79.9 Å². The number of carbonyl (C=O) groups is 1. The minimum atomic E-state index is -4.61. The second-order valence-electron chi connectivity index (χ2n) is 19.2. The van der Waals surface area contributed by atoms with Crippen LogP contribution in [0.4, 0.5) is 28.4 Å². The van der Waals surface area contributed by atoms with Gasteiger partial charge in [0.05, 0.1) is 17.9 Å². The standard InChI is InChI=1S/C48H58ClN8O8PS/c1-48(2)16-12-35(40(29-48)33-4-6-36(49)7-5-33)31-54-19-21-55(22-20-54)37-8-10-39(42(27-37)56-18-3-23-65-47-44(56)26-34-13-17-50-45(34)52-47)46(58)53-67(63,64)38-9-11-41(43(28-38)57(59)60)51-30-32-14-24-66(61,62)25-15-32/h4-11,13,17,26-28,32,51,61-62,66H,3,12,14-16,18-25,29-31H2,1-2H3,(H,50,52)(H,53,58). The summed E-state index contributed by atoms with van der Waals surface area (Å²) >= 11 is 6.27. The molecule has 0 unspecified atom stereocenters. The van der Waals surface area contributed by atoms with Crippen LogP contribution in [-0.4, -0.2) is 109 Å². The Hall–Kier alpha value is -5.29. The number of benzene rings is 3. The molecule has 5 N–H and O–H groups in total. The molecule has 9 rings (SSSR count). The summed E-state index contributed by atoms with van der Waals surface area (Å²) in [5.41, 5.74) is 6.69. The number of allylic oxidation sites excluding steroid dienone is 1. The van der Waals surface area contributed by atoms with Crippen LogP contribution in [0.5, 0.6) is 5.88 Å². The molecule has 2 saturated heterocycles. The number of H-pyrrole nitrogens is 1. The number of rotatable bonds is 12. The van der Waals surface area contributed by atoms with Gasteiger partial charge in [-0.05, 0) is 84.7 Å². The molecular weight excluding hydrogens is 915 g/mol. The Balaban J connectivity index is 0.975. The molecule has 0 spiro atoms. The minimum Gasteiger partial charge on any atom is -0.476 e. The van der Waals surface area contributed by atoms with Crippen LogP contribution in [0.15, 0.2) is 89.5 Å². The Morgan fingerprint density at radius 1 is 1.00 bits per heavy atom. The quantitative estimate of drug-likeness (QED) is 0.0454. The topological polar surface area (TPSA) is 207 Å². The molecule has 16 nitrogen and oxygen atoms in total. The summed E-state index contributed by atoms with van der Waals surface area (Å²) in [6.07, 6.45) is 7.37. The van der Waals surface area contributed by atoms with Gasteiger partial charge in [0.1, 0.15) is 11.3 Å². The largest absolute Gasteiger partial charge is 0.476 e. The van der Waals surface area contributed by atoms with Gasteiger partial charge in [0.25, 0.3) is 0 Å². The molecule has 3 aromatic carbocycles. The van der Waals surface area contributed by atoms with Gasteiger partial charge in [-0.2, -0.15) is 4.98 Å². The number of nitro groups is 1. The van der Waals surface area contributed by atoms with E-state index in [0.29, 0.717) is 74.2 Å². The summed E-state index contributed by atoms with van der Waals surface area (Å²) in [6, 6.07) is 20.9. The number of sulfonamides is 1. The molecular formula is C48H58ClN8O8PS. The van der Waals surface area contributed by atoms with Crippen LogP contribution >= 0.6 is 19.3 Å². The predicted octanol–water partition coefficient (Wildman–Crippen LogP) is 8.34. The number of halogens is 1. The van der Waals surface area contributed by atoms with E-state index < -0.39 is 39.2 Å². The number of carbonyl (C=O) groups excluding carboxylic acids is 1. The summed E-state index contributed by atoms with van der Waals surface area (Å²) in [5, 5.41) is 16.9. The molecule has 0 saturated carbocycles. The van der Waals surface area contributed by atoms with Gasteiger partial charge in [-0.15, -0.1) is 0 Å². The van der Waals surface area contributed by atoms with Gasteiger partial charge in [0.2, 0.25) is 5.88 Å². The van der Waals surface area contributed by atoms with E-state index in [1.54, 1.807) is 12.3 Å². The van der Waals surface area contributed by atoms with Gasteiger partial charge >= 0.3 is 139 Å². The first-order chi connectivity index (χ1) is 32.0. The van der Waals surface area contributed by atoms with Gasteiger partial charge in [-0.1, -0.05) is 43.2 Å². The number of ether oxygens (including phenoxy) is 1. The molecule has 5 heterocycles. The molecule has 0 bridgehead atoms. The first-order valence-electron chi connectivity index (χ1n) is 23.0. The monoisotopic (exact) mass is 972 g/mol. The van der Waals surface area contributed by atoms with E-state index in [-0.39, 0.29) is 22.6 Å². The number of fused-ring (bicyclic) bond motifs is 2. The molecule has 67 heavy (non-hydrogen) atoms. The summed E-state index contributed by atoms with van der Waals surface area (Å²) in [4.78, 5) is 60.3. The third-order valence-corrected chi connectivity index (χ3v) is 17.5. The van der Waals surface area contributed by atoms with Crippen molar-refractivity contribution in [3.8, 4) is 5.88 Å². The SMILES string of the molecule is CC1(C)CCC(CN2CCN(c3ccc(C(=O)NS(=O)(=O)c4ccc(NCC5CC[PH](O)(O)CC5)c([N+](=O)[O-])c4)c(N4CCCOc5nc6[nH]ccc6cc54)c3)CC2)=C(c2ccc(Cl)cc2)C1. The van der Waals surface area contributed by atoms with Gasteiger partial charge in [-0.3, -0.25) is 9.69 Å². The molecule has 5 aromatic rings. The number of aromatic nitrogens is 2. The average molecular weight is 974 g/mol. The van der Waals surface area contributed by atoms with Crippen LogP contribution in [0.25, 0.3) is 16.6 Å². The Labute approximate surface area is 396 Å². The second kappa shape index (κ2) is 19.0. The maximum absolute atomic E-state index is 14.4. The molecule has 19 heteroatoms. The zero-order valence-corrected chi connectivity index (χ0v) is 40.3. The predicted molar refractivity (Wildman–Crippen MR) is 266 cm³/mol. The van der Waals surface area contributed by atoms with Crippen molar-refractivity contribution < 1.29 is 32.7 Å². The number of anilines is 4. The van der Waals surface area contributed by atoms with Crippen molar-refractivity contribution in [2.24, 2.45) is 11.3 Å². The van der Waals surface area contributed by atoms with Crippen LogP contribution in [0.3, 0.4) is 0 Å². The summed E-state index contributed by atoms with van der Waals surface area (Å²) in [5.74, 6) is -0.444. The van der Waals surface area contributed by atoms with Gasteiger partial charge in [-0.25, -0.2) is 0 Å². The van der Waals surface area contributed by atoms with Crippen LogP contribution in [0.2, 0.25) is 5.02 Å². The van der Waals surface area contributed by atoms with Gasteiger partial charge < -0.3 is 19.5 Å².